The van der Waals surface area contributed by atoms with Crippen LogP contribution in [0.1, 0.15) is 23.0 Å². The summed E-state index contributed by atoms with van der Waals surface area (Å²) in [7, 11) is 0. The van der Waals surface area contributed by atoms with E-state index in [1.54, 1.807) is 19.1 Å². The molecule has 2 aromatic rings. The number of aromatic nitrogens is 2. The van der Waals surface area contributed by atoms with Crippen LogP contribution in [0.3, 0.4) is 0 Å². The molecule has 114 valence electrons. The van der Waals surface area contributed by atoms with Gasteiger partial charge in [-0.05, 0) is 24.6 Å². The maximum Gasteiger partial charge on any atom is 0.362 e. The van der Waals surface area contributed by atoms with Gasteiger partial charge in [-0.1, -0.05) is 4.49 Å². The smallest absolute Gasteiger partial charge is 0.362 e. The Morgan fingerprint density at radius 1 is 1.50 bits per heavy atom. The van der Waals surface area contributed by atoms with Crippen molar-refractivity contribution in [2.45, 2.75) is 6.92 Å². The molecule has 1 heterocycles. The minimum atomic E-state index is -0.579. The maximum atomic E-state index is 11.6. The molecular formula is C12H11N5O4S. The molecule has 0 radical (unpaired) electrons. The van der Waals surface area contributed by atoms with Gasteiger partial charge in [-0.25, -0.2) is 4.79 Å². The molecule has 0 amide bonds. The third-order valence-corrected chi connectivity index (χ3v) is 3.07. The van der Waals surface area contributed by atoms with Crippen LogP contribution in [0.25, 0.3) is 0 Å². The number of benzene rings is 1. The number of rotatable bonds is 6. The molecule has 2 rings (SSSR count). The fraction of sp³-hybridized carbons (Fsp3) is 0.167. The van der Waals surface area contributed by atoms with Crippen LogP contribution >= 0.6 is 11.5 Å². The number of non-ortho nitro benzene ring substituents is 1. The second kappa shape index (κ2) is 7.22. The molecule has 0 bridgehead atoms. The predicted molar refractivity (Wildman–Crippen MR) is 80.2 cm³/mol. The average Bonchev–Trinajstić information content (AvgIpc) is 2.96. The van der Waals surface area contributed by atoms with Gasteiger partial charge in [-0.15, -0.1) is 5.10 Å². The Morgan fingerprint density at radius 3 is 2.86 bits per heavy atom. The van der Waals surface area contributed by atoms with Crippen LogP contribution in [0, 0.1) is 10.1 Å². The van der Waals surface area contributed by atoms with E-state index >= 15 is 0 Å². The number of nitrogens with zero attached hydrogens (tertiary/aromatic N) is 4. The Labute approximate surface area is 128 Å². The van der Waals surface area contributed by atoms with E-state index in [1.165, 1.54) is 18.3 Å². The number of carbonyl (C=O) groups is 1. The lowest BCUT2D eigenvalue weighted by molar-refractivity contribution is -0.384. The number of nitro benzene ring substituents is 1. The molecule has 1 aromatic heterocycles. The highest BCUT2D eigenvalue weighted by Gasteiger charge is 2.17. The van der Waals surface area contributed by atoms with Crippen molar-refractivity contribution in [1.29, 1.82) is 0 Å². The second-order valence-corrected chi connectivity index (χ2v) is 4.64. The van der Waals surface area contributed by atoms with Gasteiger partial charge in [0.05, 0.1) is 17.7 Å². The number of anilines is 1. The van der Waals surface area contributed by atoms with Crippen molar-refractivity contribution < 1.29 is 14.5 Å². The number of nitro groups is 1. The van der Waals surface area contributed by atoms with Crippen LogP contribution in [-0.4, -0.2) is 33.3 Å². The molecule has 0 atom stereocenters. The largest absolute Gasteiger partial charge is 0.461 e. The van der Waals surface area contributed by atoms with E-state index in [2.05, 4.69) is 20.1 Å². The lowest BCUT2D eigenvalue weighted by Gasteiger charge is -2.00. The topological polar surface area (TPSA) is 120 Å². The molecule has 1 aromatic carbocycles. The zero-order valence-corrected chi connectivity index (χ0v) is 12.2. The Hall–Kier alpha value is -2.88. The molecule has 0 fully saturated rings. The third kappa shape index (κ3) is 3.82. The van der Waals surface area contributed by atoms with Gasteiger partial charge in [0.25, 0.3) is 5.69 Å². The lowest BCUT2D eigenvalue weighted by atomic mass is 10.2. The maximum absolute atomic E-state index is 11.6. The van der Waals surface area contributed by atoms with E-state index in [1.807, 2.05) is 0 Å². The number of carbonyl (C=O) groups excluding carboxylic acids is 1. The summed E-state index contributed by atoms with van der Waals surface area (Å²) in [5, 5.41) is 18.5. The first-order valence-electron chi connectivity index (χ1n) is 6.14. The van der Waals surface area contributed by atoms with Gasteiger partial charge in [0.2, 0.25) is 5.69 Å². The summed E-state index contributed by atoms with van der Waals surface area (Å²) < 4.78 is 8.50. The summed E-state index contributed by atoms with van der Waals surface area (Å²) in [6, 6.07) is 5.86. The normalized spacial score (nSPS) is 10.6. The first-order chi connectivity index (χ1) is 10.6. The predicted octanol–water partition coefficient (Wildman–Crippen LogP) is 2.07. The van der Waals surface area contributed by atoms with Gasteiger partial charge in [0, 0.05) is 23.7 Å². The fourth-order valence-electron chi connectivity index (χ4n) is 1.44. The molecule has 0 aliphatic heterocycles. The lowest BCUT2D eigenvalue weighted by Crippen LogP contribution is -2.07. The number of hydrogen-bond acceptors (Lipinski definition) is 9. The molecule has 0 saturated heterocycles. The summed E-state index contributed by atoms with van der Waals surface area (Å²) in [4.78, 5) is 21.6. The molecule has 1 N–H and O–H groups in total. The van der Waals surface area contributed by atoms with E-state index in [-0.39, 0.29) is 18.0 Å². The second-order valence-electron chi connectivity index (χ2n) is 3.89. The van der Waals surface area contributed by atoms with E-state index in [9.17, 15) is 14.9 Å². The Morgan fingerprint density at radius 2 is 2.23 bits per heavy atom. The van der Waals surface area contributed by atoms with Crippen molar-refractivity contribution in [3.05, 3.63) is 45.6 Å². The van der Waals surface area contributed by atoms with Crippen molar-refractivity contribution >= 4 is 34.4 Å². The standard InChI is InChI=1S/C12H11N5O4S/c1-2-21-12(18)10-11(22-16-14-10)15-13-7-8-3-5-9(6-4-8)17(19)20/h3-7,15H,2H2,1H3. The van der Waals surface area contributed by atoms with E-state index in [4.69, 9.17) is 4.74 Å². The zero-order chi connectivity index (χ0) is 15.9. The van der Waals surface area contributed by atoms with Gasteiger partial charge in [0.1, 0.15) is 0 Å². The number of nitrogens with one attached hydrogen (secondary N) is 1. The van der Waals surface area contributed by atoms with E-state index < -0.39 is 10.9 Å². The van der Waals surface area contributed by atoms with Crippen LogP contribution < -0.4 is 5.43 Å². The summed E-state index contributed by atoms with van der Waals surface area (Å²) in [6.45, 7) is 1.93. The Kier molecular flexibility index (Phi) is 5.09. The van der Waals surface area contributed by atoms with Crippen molar-refractivity contribution in [2.24, 2.45) is 5.10 Å². The van der Waals surface area contributed by atoms with E-state index in [0.29, 0.717) is 10.6 Å². The zero-order valence-electron chi connectivity index (χ0n) is 11.4. The molecule has 9 nitrogen and oxygen atoms in total. The summed E-state index contributed by atoms with van der Waals surface area (Å²) in [5.41, 5.74) is 3.37. The minimum Gasteiger partial charge on any atom is -0.461 e. The van der Waals surface area contributed by atoms with E-state index in [0.717, 1.165) is 11.5 Å². The quantitative estimate of drug-likeness (QED) is 0.374. The minimum absolute atomic E-state index is 0.00126. The highest BCUT2D eigenvalue weighted by Crippen LogP contribution is 2.18. The van der Waals surface area contributed by atoms with Crippen molar-refractivity contribution in [1.82, 2.24) is 9.59 Å². The molecule has 0 unspecified atom stereocenters. The molecule has 0 aliphatic rings. The monoisotopic (exact) mass is 321 g/mol. The van der Waals surface area contributed by atoms with Gasteiger partial charge in [-0.2, -0.15) is 5.10 Å². The molecule has 10 heteroatoms. The van der Waals surface area contributed by atoms with Crippen LogP contribution in [0.15, 0.2) is 29.4 Å². The van der Waals surface area contributed by atoms with Crippen molar-refractivity contribution in [2.75, 3.05) is 12.0 Å². The summed E-state index contributed by atoms with van der Waals surface area (Å²) >= 11 is 0.969. The third-order valence-electron chi connectivity index (χ3n) is 2.44. The van der Waals surface area contributed by atoms with Crippen LogP contribution in [0.4, 0.5) is 10.7 Å². The number of hydrazone groups is 1. The van der Waals surface area contributed by atoms with Crippen LogP contribution in [-0.2, 0) is 4.74 Å². The van der Waals surface area contributed by atoms with Gasteiger partial charge in [0.15, 0.2) is 5.00 Å². The first kappa shape index (κ1) is 15.5. The SMILES string of the molecule is CCOC(=O)c1nnsc1NN=Cc1ccc([N+](=O)[O-])cc1. The van der Waals surface area contributed by atoms with Crippen molar-refractivity contribution in [3.63, 3.8) is 0 Å². The van der Waals surface area contributed by atoms with Crippen LogP contribution in [0.5, 0.6) is 0 Å². The highest BCUT2D eigenvalue weighted by atomic mass is 32.1. The molecule has 22 heavy (non-hydrogen) atoms. The summed E-state index contributed by atoms with van der Waals surface area (Å²) in [5.74, 6) is -0.579. The first-order valence-corrected chi connectivity index (χ1v) is 6.92. The Balaban J connectivity index is 2.02. The number of ether oxygens (including phenoxy) is 1. The number of hydrogen-bond donors (Lipinski definition) is 1. The number of esters is 1. The molecule has 0 spiro atoms. The van der Waals surface area contributed by atoms with Gasteiger partial charge >= 0.3 is 5.97 Å². The van der Waals surface area contributed by atoms with Crippen LogP contribution in [0.2, 0.25) is 0 Å². The fourth-order valence-corrected chi connectivity index (χ4v) is 1.95. The van der Waals surface area contributed by atoms with Crippen molar-refractivity contribution in [3.8, 4) is 0 Å². The van der Waals surface area contributed by atoms with Gasteiger partial charge < -0.3 is 4.74 Å². The average molecular weight is 321 g/mol. The Bertz CT molecular complexity index is 698. The summed E-state index contributed by atoms with van der Waals surface area (Å²) in [6.07, 6.45) is 1.46. The molecular weight excluding hydrogens is 310 g/mol. The molecule has 0 saturated carbocycles. The molecule has 0 aliphatic carbocycles. The highest BCUT2D eigenvalue weighted by molar-refractivity contribution is 7.10. The van der Waals surface area contributed by atoms with Gasteiger partial charge in [-0.3, -0.25) is 15.5 Å².